The number of aromatic amines is 2. The lowest BCUT2D eigenvalue weighted by molar-refractivity contribution is -0.143. The van der Waals surface area contributed by atoms with E-state index in [1.165, 1.54) is 26.0 Å². The van der Waals surface area contributed by atoms with Crippen LogP contribution in [-0.4, -0.2) is 165 Å². The largest absolute Gasteiger partial charge is 0.508 e. The molecule has 0 unspecified atom stereocenters. The number of aromatic nitrogens is 2. The number of carbonyl (C=O) groups excluding carboxylic acids is 9. The van der Waals surface area contributed by atoms with Gasteiger partial charge in [-0.15, -0.1) is 0 Å². The second kappa shape index (κ2) is 33.5. The Kier molecular flexibility index (Phi) is 26.5. The molecule has 20 N–H and O–H groups in total. The third-order valence-electron chi connectivity index (χ3n) is 14.4. The normalized spacial score (nSPS) is 14.4. The fourth-order valence-electron chi connectivity index (χ4n) is 9.44. The molecule has 0 aliphatic rings. The number of amides is 9. The van der Waals surface area contributed by atoms with Crippen LogP contribution >= 0.6 is 0 Å². The number of aliphatic hydroxyl groups excluding tert-OH is 1. The van der Waals surface area contributed by atoms with Gasteiger partial charge in [-0.25, -0.2) is 4.79 Å². The lowest BCUT2D eigenvalue weighted by Crippen LogP contribution is -2.61. The first-order chi connectivity index (χ1) is 41.1. The van der Waals surface area contributed by atoms with Crippen molar-refractivity contribution >= 4 is 80.9 Å². The van der Waals surface area contributed by atoms with E-state index >= 15 is 0 Å². The molecule has 0 saturated carbocycles. The van der Waals surface area contributed by atoms with Gasteiger partial charge in [-0.1, -0.05) is 62.4 Å². The highest BCUT2D eigenvalue weighted by atomic mass is 16.4. The average molecular weight is 1200 g/mol. The van der Waals surface area contributed by atoms with Gasteiger partial charge in [0.1, 0.15) is 60.1 Å². The molecule has 9 amide bonds. The number of phenolic OH excluding ortho intramolecular Hbond substituents is 1. The van der Waals surface area contributed by atoms with Crippen LogP contribution in [-0.2, 0) is 67.2 Å². The number of aromatic hydroxyl groups is 1. The number of nitrogens with two attached hydrogens (primary N) is 3. The van der Waals surface area contributed by atoms with Crippen LogP contribution in [0.4, 0.5) is 0 Å². The van der Waals surface area contributed by atoms with Crippen LogP contribution in [0.25, 0.3) is 21.8 Å². The van der Waals surface area contributed by atoms with Gasteiger partial charge in [0.15, 0.2) is 0 Å². The molecular formula is C59H82N14O13. The van der Waals surface area contributed by atoms with Crippen molar-refractivity contribution in [3.8, 4) is 5.75 Å². The molecule has 0 saturated heterocycles. The van der Waals surface area contributed by atoms with Gasteiger partial charge in [0, 0.05) is 53.5 Å². The summed E-state index contributed by atoms with van der Waals surface area (Å²) < 4.78 is 0. The summed E-state index contributed by atoms with van der Waals surface area (Å²) in [6.07, 6.45) is 4.83. The van der Waals surface area contributed by atoms with Gasteiger partial charge < -0.3 is 90.3 Å². The van der Waals surface area contributed by atoms with Crippen LogP contribution in [0.3, 0.4) is 0 Å². The molecule has 2 aromatic heterocycles. The summed E-state index contributed by atoms with van der Waals surface area (Å²) in [7, 11) is 0. The summed E-state index contributed by atoms with van der Waals surface area (Å²) >= 11 is 0. The second-order valence-electron chi connectivity index (χ2n) is 21.4. The zero-order valence-corrected chi connectivity index (χ0v) is 48.7. The molecule has 3 aromatic carbocycles. The van der Waals surface area contributed by atoms with E-state index < -0.39 is 133 Å². The Morgan fingerprint density at radius 1 is 0.465 bits per heavy atom. The van der Waals surface area contributed by atoms with Gasteiger partial charge in [-0.05, 0) is 112 Å². The lowest BCUT2D eigenvalue weighted by atomic mass is 10.0. The number of carboxylic acids is 1. The minimum atomic E-state index is -1.70. The Bertz CT molecular complexity index is 3130. The number of para-hydroxylation sites is 2. The molecule has 2 heterocycles. The molecule has 0 fully saturated rings. The van der Waals surface area contributed by atoms with Crippen molar-refractivity contribution in [1.29, 1.82) is 0 Å². The molecule has 5 aromatic rings. The highest BCUT2D eigenvalue weighted by molar-refractivity contribution is 5.99. The van der Waals surface area contributed by atoms with E-state index in [2.05, 4.69) is 57.8 Å². The number of aliphatic carboxylic acids is 1. The van der Waals surface area contributed by atoms with Crippen LogP contribution in [0.15, 0.2) is 85.2 Å². The number of H-pyrrole nitrogens is 2. The van der Waals surface area contributed by atoms with E-state index in [1.807, 2.05) is 12.1 Å². The highest BCUT2D eigenvalue weighted by Crippen LogP contribution is 2.22. The summed E-state index contributed by atoms with van der Waals surface area (Å²) in [5.74, 6) is -9.28. The second-order valence-corrected chi connectivity index (χ2v) is 21.4. The SMILES string of the molecule is CC(C)[C@H](NC(=O)[C@H](C)NC(=O)[C@H](Cc1c[nH]c2ccccc12)NC(=O)[C@H](CCCCN)NC(=O)[C@H](C)NC(=O)[C@H](CO)NC(=O)[C@H](Cc1c[nH]c2ccccc12)NC(=O)[C@H](Cc1ccc(O)cc1)NC(=O)CN)C(=O)N[C@@H](CCCCN)C(=O)O. The van der Waals surface area contributed by atoms with Crippen molar-refractivity contribution in [3.05, 3.63) is 102 Å². The quantitative estimate of drug-likeness (QED) is 0.0211. The Morgan fingerprint density at radius 2 is 0.884 bits per heavy atom. The third kappa shape index (κ3) is 20.1. The maximum Gasteiger partial charge on any atom is 0.326 e. The minimum Gasteiger partial charge on any atom is -0.508 e. The van der Waals surface area contributed by atoms with Crippen LogP contribution < -0.4 is 65.1 Å². The number of phenols is 1. The number of carboxylic acid groups (broad SMARTS) is 1. The van der Waals surface area contributed by atoms with Gasteiger partial charge in [-0.3, -0.25) is 43.2 Å². The number of fused-ring (bicyclic) bond motifs is 2. The molecule has 0 radical (unpaired) electrons. The van der Waals surface area contributed by atoms with E-state index in [9.17, 15) is 63.3 Å². The third-order valence-corrected chi connectivity index (χ3v) is 14.4. The first-order valence-corrected chi connectivity index (χ1v) is 28.6. The predicted molar refractivity (Wildman–Crippen MR) is 319 cm³/mol. The van der Waals surface area contributed by atoms with E-state index in [4.69, 9.17) is 17.2 Å². The number of rotatable bonds is 35. The topological polar surface area (TPSA) is 449 Å². The maximum absolute atomic E-state index is 14.4. The molecule has 5 rings (SSSR count). The molecule has 0 aliphatic heterocycles. The lowest BCUT2D eigenvalue weighted by Gasteiger charge is -2.27. The summed E-state index contributed by atoms with van der Waals surface area (Å²) in [4.78, 5) is 143. The molecule has 0 bridgehead atoms. The van der Waals surface area contributed by atoms with Crippen LogP contribution in [0.1, 0.15) is 82.9 Å². The molecule has 86 heavy (non-hydrogen) atoms. The van der Waals surface area contributed by atoms with E-state index in [0.717, 1.165) is 21.8 Å². The van der Waals surface area contributed by atoms with Gasteiger partial charge in [0.2, 0.25) is 53.2 Å². The highest BCUT2D eigenvalue weighted by Gasteiger charge is 2.35. The standard InChI is InChI=1S/C59H82N14O13/c1-32(2)50(58(84)69-44(59(85)86)18-10-12-24-61)73-52(78)34(4)65-54(80)46(26-36-29-63-41-15-7-5-13-39(36)41)70-53(79)43(17-9-11-23-60)68-51(77)33(3)66-57(83)48(31-74)72-56(82)47(27-37-30-64-42-16-8-6-14-40(37)42)71-55(81)45(67-49(76)28-62)25-35-19-21-38(75)22-20-35/h5-8,13-16,19-22,29-30,32-34,43-48,50,63-64,74-75H,9-12,17-18,23-28,31,60-62H2,1-4H3,(H,65,80)(H,66,83)(H,67,76)(H,68,77)(H,69,84)(H,70,79)(H,71,81)(H,72,82)(H,73,78)(H,85,86)/t33-,34-,43-,44-,45-,46-,47-,48-,50-/m0/s1. The van der Waals surface area contributed by atoms with Crippen LogP contribution in [0.2, 0.25) is 0 Å². The average Bonchev–Trinajstić information content (AvgIpc) is 2.39. The summed E-state index contributed by atoms with van der Waals surface area (Å²) in [5, 5.41) is 54.8. The fraction of sp³-hybridized carbons (Fsp3) is 0.458. The summed E-state index contributed by atoms with van der Waals surface area (Å²) in [6, 6.07) is 8.03. The Morgan fingerprint density at radius 3 is 1.36 bits per heavy atom. The molecule has 27 heteroatoms. The number of hydrogen-bond acceptors (Lipinski definition) is 15. The summed E-state index contributed by atoms with van der Waals surface area (Å²) in [6.45, 7) is 5.10. The zero-order chi connectivity index (χ0) is 63.0. The van der Waals surface area contributed by atoms with E-state index in [1.54, 1.807) is 74.8 Å². The monoisotopic (exact) mass is 1190 g/mol. The fourth-order valence-corrected chi connectivity index (χ4v) is 9.44. The van der Waals surface area contributed by atoms with Crippen molar-refractivity contribution < 1.29 is 63.3 Å². The Labute approximate surface area is 497 Å². The van der Waals surface area contributed by atoms with Crippen molar-refractivity contribution in [1.82, 2.24) is 57.8 Å². The van der Waals surface area contributed by atoms with E-state index in [0.29, 0.717) is 48.9 Å². The molecule has 0 spiro atoms. The van der Waals surface area contributed by atoms with Crippen molar-refractivity contribution in [2.45, 2.75) is 140 Å². The molecular weight excluding hydrogens is 1110 g/mol. The van der Waals surface area contributed by atoms with Gasteiger partial charge in [0.25, 0.3) is 0 Å². The van der Waals surface area contributed by atoms with Gasteiger partial charge in [-0.2, -0.15) is 0 Å². The molecule has 466 valence electrons. The number of carbonyl (C=O) groups is 10. The summed E-state index contributed by atoms with van der Waals surface area (Å²) in [5.41, 5.74) is 20.1. The number of benzene rings is 3. The predicted octanol–water partition coefficient (Wildman–Crippen LogP) is -1.26. The van der Waals surface area contributed by atoms with Crippen LogP contribution in [0, 0.1) is 5.92 Å². The van der Waals surface area contributed by atoms with Crippen molar-refractivity contribution in [3.63, 3.8) is 0 Å². The number of aliphatic hydroxyl groups is 1. The van der Waals surface area contributed by atoms with E-state index in [-0.39, 0.29) is 44.4 Å². The zero-order valence-electron chi connectivity index (χ0n) is 48.7. The Balaban J connectivity index is 1.31. The smallest absolute Gasteiger partial charge is 0.326 e. The molecule has 0 aliphatic carbocycles. The first-order valence-electron chi connectivity index (χ1n) is 28.6. The molecule has 9 atom stereocenters. The van der Waals surface area contributed by atoms with Crippen molar-refractivity contribution in [2.75, 3.05) is 26.2 Å². The Hall–Kier alpha value is -8.92. The van der Waals surface area contributed by atoms with Gasteiger partial charge in [0.05, 0.1) is 13.2 Å². The first kappa shape index (κ1) is 67.9. The van der Waals surface area contributed by atoms with Crippen LogP contribution in [0.5, 0.6) is 5.75 Å². The maximum atomic E-state index is 14.4. The number of hydrogen-bond donors (Lipinski definition) is 17. The van der Waals surface area contributed by atoms with Gasteiger partial charge >= 0.3 is 5.97 Å². The number of nitrogens with one attached hydrogen (secondary N) is 11. The minimum absolute atomic E-state index is 0.00857. The molecule has 27 nitrogen and oxygen atoms in total. The number of unbranched alkanes of at least 4 members (excludes halogenated alkanes) is 2. The van der Waals surface area contributed by atoms with Crippen molar-refractivity contribution in [2.24, 2.45) is 23.1 Å².